The largest absolute Gasteiger partial charge is 0.309 e. The molecule has 12 aromatic rings. The summed E-state index contributed by atoms with van der Waals surface area (Å²) in [5.41, 5.74) is 9.64. The lowest BCUT2D eigenvalue weighted by molar-refractivity contribution is 0.955. The quantitative estimate of drug-likeness (QED) is 0.165. The second kappa shape index (κ2) is 12.8. The van der Waals surface area contributed by atoms with Crippen molar-refractivity contribution in [3.05, 3.63) is 200 Å². The Hall–Kier alpha value is -7.89. The maximum Gasteiger partial charge on any atom is 0.238 e. The van der Waals surface area contributed by atoms with Crippen molar-refractivity contribution in [3.8, 4) is 45.5 Å². The molecule has 5 nitrogen and oxygen atoms in total. The maximum atomic E-state index is 5.42. The van der Waals surface area contributed by atoms with E-state index in [1.54, 1.807) is 0 Å². The Bertz CT molecular complexity index is 3550. The monoisotopic (exact) mass is 739 g/mol. The van der Waals surface area contributed by atoms with Crippen molar-refractivity contribution in [2.24, 2.45) is 0 Å². The minimum atomic E-state index is 0.570. The lowest BCUT2D eigenvalue weighted by atomic mass is 9.95. The van der Waals surface area contributed by atoms with Gasteiger partial charge in [0.2, 0.25) is 5.95 Å². The second-order valence-electron chi connectivity index (χ2n) is 14.8. The first-order valence-corrected chi connectivity index (χ1v) is 19.6. The summed E-state index contributed by atoms with van der Waals surface area (Å²) >= 11 is 0. The van der Waals surface area contributed by atoms with Crippen LogP contribution in [0.25, 0.3) is 111 Å². The highest BCUT2D eigenvalue weighted by Crippen LogP contribution is 2.47. The lowest BCUT2D eigenvalue weighted by Crippen LogP contribution is -2.06. The third-order valence-electron chi connectivity index (χ3n) is 11.5. The third-order valence-corrected chi connectivity index (χ3v) is 11.5. The number of fused-ring (bicyclic) bond motifs is 12. The highest BCUT2D eigenvalue weighted by atomic mass is 15.2. The summed E-state index contributed by atoms with van der Waals surface area (Å²) in [6.07, 6.45) is 0. The molecular weight excluding hydrogens is 707 g/mol. The van der Waals surface area contributed by atoms with Gasteiger partial charge in [-0.15, -0.1) is 0 Å². The molecule has 0 spiro atoms. The van der Waals surface area contributed by atoms with Crippen LogP contribution in [-0.4, -0.2) is 24.1 Å². The Kier molecular flexibility index (Phi) is 7.16. The molecule has 0 fully saturated rings. The number of nitrogens with zero attached hydrogens (tertiary/aromatic N) is 5. The number of hydrogen-bond acceptors (Lipinski definition) is 3. The zero-order valence-electron chi connectivity index (χ0n) is 31.3. The summed E-state index contributed by atoms with van der Waals surface area (Å²) in [5, 5.41) is 9.49. The van der Waals surface area contributed by atoms with Gasteiger partial charge in [0.1, 0.15) is 0 Å². The Labute approximate surface area is 333 Å². The second-order valence-corrected chi connectivity index (χ2v) is 14.8. The van der Waals surface area contributed by atoms with Crippen LogP contribution in [0, 0.1) is 0 Å². The van der Waals surface area contributed by atoms with Crippen molar-refractivity contribution in [3.63, 3.8) is 0 Å². The van der Waals surface area contributed by atoms with E-state index in [-0.39, 0.29) is 0 Å². The average Bonchev–Trinajstić information content (AvgIpc) is 3.84. The molecule has 0 aliphatic heterocycles. The van der Waals surface area contributed by atoms with Gasteiger partial charge in [-0.25, -0.2) is 4.98 Å². The number of aromatic nitrogens is 5. The number of hydrogen-bond donors (Lipinski definition) is 0. The van der Waals surface area contributed by atoms with Crippen molar-refractivity contribution < 1.29 is 0 Å². The molecule has 0 aliphatic rings. The molecular formula is C53H33N5. The van der Waals surface area contributed by atoms with Crippen molar-refractivity contribution in [2.75, 3.05) is 0 Å². The van der Waals surface area contributed by atoms with Crippen molar-refractivity contribution in [1.29, 1.82) is 0 Å². The van der Waals surface area contributed by atoms with Gasteiger partial charge >= 0.3 is 0 Å². The molecule has 3 heterocycles. The van der Waals surface area contributed by atoms with E-state index in [1.165, 1.54) is 37.7 Å². The van der Waals surface area contributed by atoms with Gasteiger partial charge in [0, 0.05) is 43.7 Å². The zero-order chi connectivity index (χ0) is 38.2. The Morgan fingerprint density at radius 2 is 0.810 bits per heavy atom. The first-order chi connectivity index (χ1) is 28.8. The van der Waals surface area contributed by atoms with E-state index in [0.29, 0.717) is 17.6 Å². The highest BCUT2D eigenvalue weighted by Gasteiger charge is 2.25. The molecule has 58 heavy (non-hydrogen) atoms. The van der Waals surface area contributed by atoms with E-state index in [2.05, 4.69) is 185 Å². The zero-order valence-corrected chi connectivity index (χ0v) is 31.3. The number of para-hydroxylation sites is 2. The molecule has 0 saturated carbocycles. The fraction of sp³-hybridized carbons (Fsp3) is 0. The van der Waals surface area contributed by atoms with Crippen LogP contribution in [0.4, 0.5) is 0 Å². The molecule has 0 amide bonds. The summed E-state index contributed by atoms with van der Waals surface area (Å²) in [7, 11) is 0. The van der Waals surface area contributed by atoms with Crippen molar-refractivity contribution in [2.45, 2.75) is 0 Å². The summed E-state index contributed by atoms with van der Waals surface area (Å²) in [5.74, 6) is 1.80. The van der Waals surface area contributed by atoms with Crippen LogP contribution in [0.3, 0.4) is 0 Å². The summed E-state index contributed by atoms with van der Waals surface area (Å²) < 4.78 is 4.69. The molecule has 0 atom stereocenters. The molecule has 0 unspecified atom stereocenters. The minimum Gasteiger partial charge on any atom is -0.309 e. The molecule has 0 bridgehead atoms. The Morgan fingerprint density at radius 3 is 1.53 bits per heavy atom. The predicted octanol–water partition coefficient (Wildman–Crippen LogP) is 13.4. The molecule has 3 aromatic heterocycles. The molecule has 270 valence electrons. The highest BCUT2D eigenvalue weighted by molar-refractivity contribution is 6.38. The van der Waals surface area contributed by atoms with E-state index in [1.807, 2.05) is 24.3 Å². The van der Waals surface area contributed by atoms with Gasteiger partial charge in [-0.05, 0) is 63.7 Å². The minimum absolute atomic E-state index is 0.570. The summed E-state index contributed by atoms with van der Waals surface area (Å²) in [4.78, 5) is 16.0. The fourth-order valence-corrected chi connectivity index (χ4v) is 9.06. The third kappa shape index (κ3) is 4.87. The van der Waals surface area contributed by atoms with Crippen LogP contribution in [0.2, 0.25) is 0 Å². The topological polar surface area (TPSA) is 48.5 Å². The van der Waals surface area contributed by atoms with Gasteiger partial charge in [-0.1, -0.05) is 164 Å². The van der Waals surface area contributed by atoms with Crippen LogP contribution in [0.1, 0.15) is 0 Å². The van der Waals surface area contributed by atoms with Gasteiger partial charge in [0.25, 0.3) is 0 Å². The SMILES string of the molecule is c1ccc(-c2cccc(-c3nc(-c4ccccc4)nc(-n4c5ccc6c(c7ccccc7n6-c6ccccc6)c5c5c6ccccc6c6ccccc6c54)n3)c2)cc1. The Balaban J connectivity index is 1.26. The van der Waals surface area contributed by atoms with E-state index in [9.17, 15) is 0 Å². The number of rotatable bonds is 5. The van der Waals surface area contributed by atoms with E-state index in [4.69, 9.17) is 15.0 Å². The first-order valence-electron chi connectivity index (χ1n) is 19.6. The standard InChI is InChI=1S/C53H33N5/c1-4-17-34(18-5-1)36-21-16-22-37(33-36)52-54-51(35-19-6-2-7-20-35)55-53(56-52)58-46-32-31-45-47(43-29-14-15-30-44(43)57(45)38-23-8-3-9-24-38)49(46)48-41-27-12-10-25-39(41)40-26-11-13-28-42(40)50(48)58/h1-33H. The van der Waals surface area contributed by atoms with E-state index < -0.39 is 0 Å². The molecule has 9 aromatic carbocycles. The lowest BCUT2D eigenvalue weighted by Gasteiger charge is -2.13. The van der Waals surface area contributed by atoms with Crippen LogP contribution in [0.5, 0.6) is 0 Å². The summed E-state index contributed by atoms with van der Waals surface area (Å²) in [6.45, 7) is 0. The van der Waals surface area contributed by atoms with E-state index >= 15 is 0 Å². The van der Waals surface area contributed by atoms with Gasteiger partial charge in [-0.3, -0.25) is 4.57 Å². The summed E-state index contributed by atoms with van der Waals surface area (Å²) in [6, 6.07) is 70.7. The molecule has 5 heteroatoms. The Morgan fingerprint density at radius 1 is 0.293 bits per heavy atom. The van der Waals surface area contributed by atoms with Gasteiger partial charge in [-0.2, -0.15) is 9.97 Å². The van der Waals surface area contributed by atoms with Crippen molar-refractivity contribution in [1.82, 2.24) is 24.1 Å². The van der Waals surface area contributed by atoms with Crippen LogP contribution < -0.4 is 0 Å². The maximum absolute atomic E-state index is 5.42. The molecule has 12 rings (SSSR count). The molecule has 0 saturated heterocycles. The first kappa shape index (κ1) is 32.4. The fourth-order valence-electron chi connectivity index (χ4n) is 9.06. The average molecular weight is 740 g/mol. The smallest absolute Gasteiger partial charge is 0.238 e. The molecule has 0 aliphatic carbocycles. The predicted molar refractivity (Wildman–Crippen MR) is 240 cm³/mol. The van der Waals surface area contributed by atoms with Crippen LogP contribution in [0.15, 0.2) is 200 Å². The van der Waals surface area contributed by atoms with Gasteiger partial charge in [0.05, 0.1) is 22.1 Å². The number of benzene rings is 9. The van der Waals surface area contributed by atoms with Crippen LogP contribution >= 0.6 is 0 Å². The van der Waals surface area contributed by atoms with Gasteiger partial charge < -0.3 is 4.57 Å². The molecule has 0 N–H and O–H groups in total. The van der Waals surface area contributed by atoms with E-state index in [0.717, 1.165) is 55.4 Å². The normalized spacial score (nSPS) is 11.8. The van der Waals surface area contributed by atoms with Crippen LogP contribution in [-0.2, 0) is 0 Å². The van der Waals surface area contributed by atoms with Crippen molar-refractivity contribution >= 4 is 65.2 Å². The molecule has 0 radical (unpaired) electrons. The van der Waals surface area contributed by atoms with Gasteiger partial charge in [0.15, 0.2) is 11.6 Å².